The summed E-state index contributed by atoms with van der Waals surface area (Å²) in [5.41, 5.74) is 0.703. The van der Waals surface area contributed by atoms with Crippen molar-refractivity contribution in [3.63, 3.8) is 0 Å². The molecule has 0 radical (unpaired) electrons. The van der Waals surface area contributed by atoms with Gasteiger partial charge in [-0.05, 0) is 60.6 Å². The summed E-state index contributed by atoms with van der Waals surface area (Å²) in [6, 6.07) is 16.9. The van der Waals surface area contributed by atoms with Crippen LogP contribution in [0.25, 0.3) is 0 Å². The molecular weight excluding hydrogens is 389 g/mol. The number of halogens is 1. The van der Waals surface area contributed by atoms with Crippen LogP contribution in [-0.4, -0.2) is 22.7 Å². The van der Waals surface area contributed by atoms with Crippen molar-refractivity contribution in [2.45, 2.75) is 31.9 Å². The van der Waals surface area contributed by atoms with Crippen LogP contribution in [0, 0.1) is 3.57 Å². The number of aliphatic hydroxyl groups is 1. The van der Waals surface area contributed by atoms with Crippen molar-refractivity contribution in [3.8, 4) is 0 Å². The highest BCUT2D eigenvalue weighted by Crippen LogP contribution is 2.17. The number of rotatable bonds is 5. The van der Waals surface area contributed by atoms with E-state index in [1.807, 2.05) is 48.5 Å². The van der Waals surface area contributed by atoms with E-state index in [1.54, 1.807) is 19.9 Å². The fraction of sp³-hybridized carbons (Fsp3) is 0.278. The number of benzene rings is 2. The lowest BCUT2D eigenvalue weighted by Crippen LogP contribution is -2.50. The average molecular weight is 409 g/mol. The Labute approximate surface area is 144 Å². The van der Waals surface area contributed by atoms with E-state index in [9.17, 15) is 9.90 Å². The van der Waals surface area contributed by atoms with E-state index in [-0.39, 0.29) is 11.9 Å². The fourth-order valence-electron chi connectivity index (χ4n) is 2.21. The normalized spacial score (nSPS) is 12.7. The van der Waals surface area contributed by atoms with Gasteiger partial charge in [0.2, 0.25) is 0 Å². The van der Waals surface area contributed by atoms with Crippen molar-refractivity contribution >= 4 is 28.5 Å². The molecule has 0 saturated heterocycles. The third kappa shape index (κ3) is 4.55. The Bertz CT molecular complexity index is 635. The van der Waals surface area contributed by atoms with Gasteiger partial charge >= 0.3 is 0 Å². The number of carbonyl (C=O) groups excluding carboxylic acids is 1. The molecule has 0 unspecified atom stereocenters. The standard InChI is InChI=1S/C18H20INO2/c1-18(2,22)16(12-13-8-4-3-5-9-13)20-17(21)14-10-6-7-11-15(14)19/h3-11,16,22H,12H2,1-2H3,(H,20,21)/t16-/m0/s1. The summed E-state index contributed by atoms with van der Waals surface area (Å²) >= 11 is 2.14. The quantitative estimate of drug-likeness (QED) is 0.744. The highest BCUT2D eigenvalue weighted by molar-refractivity contribution is 14.1. The third-order valence-electron chi connectivity index (χ3n) is 3.56. The first-order chi connectivity index (χ1) is 10.4. The van der Waals surface area contributed by atoms with Gasteiger partial charge in [-0.15, -0.1) is 0 Å². The Morgan fingerprint density at radius 3 is 2.32 bits per heavy atom. The predicted molar refractivity (Wildman–Crippen MR) is 96.9 cm³/mol. The van der Waals surface area contributed by atoms with E-state index in [0.717, 1.165) is 9.13 Å². The molecule has 2 rings (SSSR count). The van der Waals surface area contributed by atoms with Crippen LogP contribution in [0.5, 0.6) is 0 Å². The van der Waals surface area contributed by atoms with E-state index in [4.69, 9.17) is 0 Å². The molecule has 4 heteroatoms. The minimum Gasteiger partial charge on any atom is -0.388 e. The first kappa shape index (κ1) is 17.0. The molecule has 22 heavy (non-hydrogen) atoms. The molecule has 0 aliphatic rings. The van der Waals surface area contributed by atoms with Crippen LogP contribution in [0.4, 0.5) is 0 Å². The first-order valence-electron chi connectivity index (χ1n) is 7.19. The van der Waals surface area contributed by atoms with E-state index >= 15 is 0 Å². The molecule has 2 N–H and O–H groups in total. The zero-order valence-corrected chi connectivity index (χ0v) is 14.9. The van der Waals surface area contributed by atoms with Gasteiger partial charge in [0.1, 0.15) is 0 Å². The largest absolute Gasteiger partial charge is 0.388 e. The SMILES string of the molecule is CC(C)(O)[C@H](Cc1ccccc1)NC(=O)c1ccccc1I. The molecule has 0 aliphatic carbocycles. The lowest BCUT2D eigenvalue weighted by atomic mass is 9.92. The molecule has 2 aromatic rings. The van der Waals surface area contributed by atoms with Crippen LogP contribution < -0.4 is 5.32 Å². The molecule has 0 fully saturated rings. The fourth-order valence-corrected chi connectivity index (χ4v) is 2.84. The third-order valence-corrected chi connectivity index (χ3v) is 4.50. The Hall–Kier alpha value is -1.40. The Morgan fingerprint density at radius 2 is 1.73 bits per heavy atom. The summed E-state index contributed by atoms with van der Waals surface area (Å²) < 4.78 is 0.895. The van der Waals surface area contributed by atoms with Gasteiger partial charge in [-0.25, -0.2) is 0 Å². The summed E-state index contributed by atoms with van der Waals surface area (Å²) in [6.45, 7) is 3.44. The van der Waals surface area contributed by atoms with Gasteiger partial charge < -0.3 is 10.4 Å². The molecule has 0 aliphatic heterocycles. The molecule has 0 aromatic heterocycles. The minimum absolute atomic E-state index is 0.159. The molecule has 1 atom stereocenters. The van der Waals surface area contributed by atoms with Crippen molar-refractivity contribution in [1.82, 2.24) is 5.32 Å². The lowest BCUT2D eigenvalue weighted by Gasteiger charge is -2.30. The van der Waals surface area contributed by atoms with Crippen molar-refractivity contribution in [2.24, 2.45) is 0 Å². The van der Waals surface area contributed by atoms with E-state index in [1.165, 1.54) is 0 Å². The molecule has 1 amide bonds. The Morgan fingerprint density at radius 1 is 1.14 bits per heavy atom. The molecule has 0 spiro atoms. The second kappa shape index (κ2) is 7.24. The van der Waals surface area contributed by atoms with Crippen LogP contribution in [-0.2, 0) is 6.42 Å². The number of nitrogens with one attached hydrogen (secondary N) is 1. The van der Waals surface area contributed by atoms with Gasteiger partial charge in [-0.1, -0.05) is 42.5 Å². The molecule has 2 aromatic carbocycles. The molecule has 116 valence electrons. The maximum Gasteiger partial charge on any atom is 0.252 e. The molecule has 3 nitrogen and oxygen atoms in total. The monoisotopic (exact) mass is 409 g/mol. The first-order valence-corrected chi connectivity index (χ1v) is 8.27. The molecule has 0 bridgehead atoms. The summed E-state index contributed by atoms with van der Waals surface area (Å²) in [7, 11) is 0. The molecular formula is C18H20INO2. The molecule has 0 saturated carbocycles. The average Bonchev–Trinajstić information content (AvgIpc) is 2.47. The summed E-state index contributed by atoms with van der Waals surface area (Å²) in [5, 5.41) is 13.4. The Balaban J connectivity index is 2.17. The van der Waals surface area contributed by atoms with Gasteiger partial charge in [0.25, 0.3) is 5.91 Å². The number of hydrogen-bond acceptors (Lipinski definition) is 2. The maximum atomic E-state index is 12.5. The highest BCUT2D eigenvalue weighted by Gasteiger charge is 2.29. The van der Waals surface area contributed by atoms with E-state index < -0.39 is 5.60 Å². The zero-order chi connectivity index (χ0) is 16.2. The van der Waals surface area contributed by atoms with Crippen LogP contribution in [0.2, 0.25) is 0 Å². The van der Waals surface area contributed by atoms with E-state index in [2.05, 4.69) is 27.9 Å². The summed E-state index contributed by atoms with van der Waals surface area (Å²) in [4.78, 5) is 12.5. The van der Waals surface area contributed by atoms with Crippen LogP contribution in [0.1, 0.15) is 29.8 Å². The van der Waals surface area contributed by atoms with Crippen molar-refractivity contribution in [3.05, 3.63) is 69.3 Å². The summed E-state index contributed by atoms with van der Waals surface area (Å²) in [5.74, 6) is -0.159. The van der Waals surface area contributed by atoms with Crippen molar-refractivity contribution in [2.75, 3.05) is 0 Å². The predicted octanol–water partition coefficient (Wildman–Crippen LogP) is 3.40. The zero-order valence-electron chi connectivity index (χ0n) is 12.7. The number of carbonyl (C=O) groups is 1. The van der Waals surface area contributed by atoms with Crippen LogP contribution >= 0.6 is 22.6 Å². The van der Waals surface area contributed by atoms with Crippen molar-refractivity contribution < 1.29 is 9.90 Å². The van der Waals surface area contributed by atoms with E-state index in [0.29, 0.717) is 12.0 Å². The highest BCUT2D eigenvalue weighted by atomic mass is 127. The minimum atomic E-state index is -1.01. The van der Waals surface area contributed by atoms with Gasteiger partial charge in [0.15, 0.2) is 0 Å². The topological polar surface area (TPSA) is 49.3 Å². The number of amides is 1. The second-order valence-corrected chi connectivity index (χ2v) is 7.01. The summed E-state index contributed by atoms with van der Waals surface area (Å²) in [6.07, 6.45) is 0.583. The van der Waals surface area contributed by atoms with Crippen LogP contribution in [0.15, 0.2) is 54.6 Å². The Kier molecular flexibility index (Phi) is 5.58. The smallest absolute Gasteiger partial charge is 0.252 e. The van der Waals surface area contributed by atoms with Gasteiger partial charge in [0, 0.05) is 3.57 Å². The van der Waals surface area contributed by atoms with Gasteiger partial charge in [-0.2, -0.15) is 0 Å². The van der Waals surface area contributed by atoms with Gasteiger partial charge in [0.05, 0.1) is 17.2 Å². The second-order valence-electron chi connectivity index (χ2n) is 5.85. The molecule has 0 heterocycles. The lowest BCUT2D eigenvalue weighted by molar-refractivity contribution is 0.0350. The maximum absolute atomic E-state index is 12.5. The van der Waals surface area contributed by atoms with Gasteiger partial charge in [-0.3, -0.25) is 4.79 Å². The number of hydrogen-bond donors (Lipinski definition) is 2. The van der Waals surface area contributed by atoms with Crippen LogP contribution in [0.3, 0.4) is 0 Å². The van der Waals surface area contributed by atoms with Crippen molar-refractivity contribution in [1.29, 1.82) is 0 Å².